The van der Waals surface area contributed by atoms with Crippen LogP contribution in [-0.4, -0.2) is 28.2 Å². The molecular weight excluding hydrogens is 276 g/mol. The standard InChI is InChI=1S/C19H28O3/c1-10-7-11-8-12(20)3-4-13(11)18-15(21)9-19(2)14(17(10)18)5-6-16(19)22/h8,10,13-18,21-22H,3-7,9H2,1-2H3/t10-,13+,14+,15-,16+,17+,18+,19+/m1/s1. The van der Waals surface area contributed by atoms with E-state index in [9.17, 15) is 15.0 Å². The lowest BCUT2D eigenvalue weighted by Crippen LogP contribution is -2.56. The lowest BCUT2D eigenvalue weighted by molar-refractivity contribution is -0.135. The summed E-state index contributed by atoms with van der Waals surface area (Å²) in [7, 11) is 0. The first kappa shape index (κ1) is 14.9. The number of carbonyl (C=O) groups excluding carboxylic acids is 1. The van der Waals surface area contributed by atoms with E-state index in [-0.39, 0.29) is 23.4 Å². The van der Waals surface area contributed by atoms with Gasteiger partial charge in [-0.3, -0.25) is 4.79 Å². The molecule has 0 aromatic rings. The predicted octanol–water partition coefficient (Wildman–Crippen LogP) is 2.71. The lowest BCUT2D eigenvalue weighted by atomic mass is 9.49. The van der Waals surface area contributed by atoms with Crippen LogP contribution >= 0.6 is 0 Å². The van der Waals surface area contributed by atoms with E-state index in [2.05, 4.69) is 13.8 Å². The zero-order chi connectivity index (χ0) is 15.6. The van der Waals surface area contributed by atoms with Crippen molar-refractivity contribution >= 4 is 5.78 Å². The first-order chi connectivity index (χ1) is 10.4. The summed E-state index contributed by atoms with van der Waals surface area (Å²) in [6.07, 6.45) is 6.57. The van der Waals surface area contributed by atoms with Crippen LogP contribution in [0.15, 0.2) is 11.6 Å². The van der Waals surface area contributed by atoms with E-state index >= 15 is 0 Å². The summed E-state index contributed by atoms with van der Waals surface area (Å²) in [6.45, 7) is 4.48. The fourth-order valence-electron chi connectivity index (χ4n) is 6.61. The van der Waals surface area contributed by atoms with Crippen LogP contribution in [0, 0.1) is 35.0 Å². The molecule has 8 atom stereocenters. The Bertz CT molecular complexity index is 525. The van der Waals surface area contributed by atoms with Gasteiger partial charge in [0.25, 0.3) is 0 Å². The summed E-state index contributed by atoms with van der Waals surface area (Å²) in [4.78, 5) is 11.8. The molecule has 0 heterocycles. The number of carbonyl (C=O) groups is 1. The molecule has 0 radical (unpaired) electrons. The van der Waals surface area contributed by atoms with Gasteiger partial charge in [-0.05, 0) is 73.2 Å². The van der Waals surface area contributed by atoms with Gasteiger partial charge in [-0.15, -0.1) is 0 Å². The van der Waals surface area contributed by atoms with Crippen LogP contribution in [0.5, 0.6) is 0 Å². The highest BCUT2D eigenvalue weighted by Gasteiger charge is 2.60. The van der Waals surface area contributed by atoms with Crippen molar-refractivity contribution in [3.63, 3.8) is 0 Å². The maximum Gasteiger partial charge on any atom is 0.155 e. The second-order valence-electron chi connectivity index (χ2n) is 8.64. The van der Waals surface area contributed by atoms with Crippen molar-refractivity contribution in [2.24, 2.45) is 35.0 Å². The average molecular weight is 304 g/mol. The molecule has 0 aliphatic heterocycles. The Morgan fingerprint density at radius 3 is 2.73 bits per heavy atom. The van der Waals surface area contributed by atoms with E-state index in [1.54, 1.807) is 0 Å². The monoisotopic (exact) mass is 304 g/mol. The first-order valence-electron chi connectivity index (χ1n) is 9.01. The minimum absolute atomic E-state index is 0.111. The number of aliphatic hydroxyl groups is 2. The number of fused-ring (bicyclic) bond motifs is 5. The molecule has 0 spiro atoms. The fourth-order valence-corrected chi connectivity index (χ4v) is 6.61. The molecule has 0 aromatic carbocycles. The van der Waals surface area contributed by atoms with Gasteiger partial charge in [-0.25, -0.2) is 0 Å². The smallest absolute Gasteiger partial charge is 0.155 e. The van der Waals surface area contributed by atoms with E-state index in [0.717, 1.165) is 32.1 Å². The van der Waals surface area contributed by atoms with Gasteiger partial charge in [0.15, 0.2) is 5.78 Å². The van der Waals surface area contributed by atoms with Gasteiger partial charge in [0, 0.05) is 6.42 Å². The van der Waals surface area contributed by atoms with Crippen LogP contribution in [0.1, 0.15) is 52.4 Å². The van der Waals surface area contributed by atoms with Crippen LogP contribution in [0.2, 0.25) is 0 Å². The topological polar surface area (TPSA) is 57.5 Å². The lowest BCUT2D eigenvalue weighted by Gasteiger charge is -2.57. The molecule has 0 aromatic heterocycles. The normalized spacial score (nSPS) is 54.3. The van der Waals surface area contributed by atoms with Crippen LogP contribution in [0.3, 0.4) is 0 Å². The Kier molecular flexibility index (Phi) is 3.32. The molecule has 4 aliphatic rings. The summed E-state index contributed by atoms with van der Waals surface area (Å²) >= 11 is 0. The molecule has 122 valence electrons. The Balaban J connectivity index is 1.73. The Morgan fingerprint density at radius 1 is 1.18 bits per heavy atom. The molecule has 0 unspecified atom stereocenters. The zero-order valence-electron chi connectivity index (χ0n) is 13.7. The Morgan fingerprint density at radius 2 is 1.95 bits per heavy atom. The predicted molar refractivity (Wildman–Crippen MR) is 84.0 cm³/mol. The zero-order valence-corrected chi connectivity index (χ0v) is 13.7. The molecule has 0 bridgehead atoms. The van der Waals surface area contributed by atoms with Crippen molar-refractivity contribution in [3.8, 4) is 0 Å². The largest absolute Gasteiger partial charge is 0.393 e. The van der Waals surface area contributed by atoms with Crippen LogP contribution in [0.25, 0.3) is 0 Å². The van der Waals surface area contributed by atoms with Gasteiger partial charge in [0.1, 0.15) is 0 Å². The van der Waals surface area contributed by atoms with Gasteiger partial charge < -0.3 is 10.2 Å². The quantitative estimate of drug-likeness (QED) is 0.723. The van der Waals surface area contributed by atoms with Crippen molar-refractivity contribution in [2.75, 3.05) is 0 Å². The second kappa shape index (κ2) is 4.91. The third-order valence-corrected chi connectivity index (χ3v) is 7.57. The van der Waals surface area contributed by atoms with Gasteiger partial charge >= 0.3 is 0 Å². The molecule has 3 saturated carbocycles. The van der Waals surface area contributed by atoms with Crippen molar-refractivity contribution in [2.45, 2.75) is 64.6 Å². The number of aliphatic hydroxyl groups excluding tert-OH is 2. The third kappa shape index (κ3) is 1.91. The molecule has 4 aliphatic carbocycles. The minimum atomic E-state index is -0.330. The molecule has 0 saturated heterocycles. The van der Waals surface area contributed by atoms with Crippen molar-refractivity contribution in [1.82, 2.24) is 0 Å². The van der Waals surface area contributed by atoms with Gasteiger partial charge in [0.2, 0.25) is 0 Å². The van der Waals surface area contributed by atoms with Crippen LogP contribution < -0.4 is 0 Å². The third-order valence-electron chi connectivity index (χ3n) is 7.57. The number of allylic oxidation sites excluding steroid dienone is 1. The molecule has 22 heavy (non-hydrogen) atoms. The summed E-state index contributed by atoms with van der Waals surface area (Å²) in [5.41, 5.74) is 1.19. The second-order valence-corrected chi connectivity index (χ2v) is 8.64. The SMILES string of the molecule is C[C@@H]1CC2=CC(=O)CC[C@@H]2[C@@H]2[C@@H]1[C@@H]1CC[C@H](O)[C@@]1(C)C[C@H]2O. The summed E-state index contributed by atoms with van der Waals surface area (Å²) in [5.74, 6) is 2.50. The van der Waals surface area contributed by atoms with E-state index in [4.69, 9.17) is 0 Å². The van der Waals surface area contributed by atoms with E-state index in [1.165, 1.54) is 5.57 Å². The Hall–Kier alpha value is -0.670. The molecule has 3 fully saturated rings. The number of ketones is 1. The number of hydrogen-bond donors (Lipinski definition) is 2. The van der Waals surface area contributed by atoms with E-state index < -0.39 is 0 Å². The molecule has 3 nitrogen and oxygen atoms in total. The van der Waals surface area contributed by atoms with Crippen LogP contribution in [0.4, 0.5) is 0 Å². The number of rotatable bonds is 0. The first-order valence-corrected chi connectivity index (χ1v) is 9.01. The maximum atomic E-state index is 11.8. The van der Waals surface area contributed by atoms with Gasteiger partial charge in [-0.2, -0.15) is 0 Å². The molecule has 3 heteroatoms. The van der Waals surface area contributed by atoms with Crippen molar-refractivity contribution in [1.29, 1.82) is 0 Å². The van der Waals surface area contributed by atoms with Gasteiger partial charge in [0.05, 0.1) is 12.2 Å². The molecule has 0 amide bonds. The Labute approximate surface area is 132 Å². The van der Waals surface area contributed by atoms with E-state index in [1.807, 2.05) is 6.08 Å². The van der Waals surface area contributed by atoms with Crippen molar-refractivity contribution < 1.29 is 15.0 Å². The maximum absolute atomic E-state index is 11.8. The van der Waals surface area contributed by atoms with Gasteiger partial charge in [-0.1, -0.05) is 19.4 Å². The highest BCUT2D eigenvalue weighted by molar-refractivity contribution is 5.91. The van der Waals surface area contributed by atoms with Crippen molar-refractivity contribution in [3.05, 3.63) is 11.6 Å². The minimum Gasteiger partial charge on any atom is -0.393 e. The molecular formula is C19H28O3. The summed E-state index contributed by atoms with van der Waals surface area (Å²) in [5, 5.41) is 21.4. The molecule has 4 rings (SSSR count). The highest BCUT2D eigenvalue weighted by Crippen LogP contribution is 2.63. The average Bonchev–Trinajstić information content (AvgIpc) is 2.74. The fraction of sp³-hybridized carbons (Fsp3) is 0.842. The summed E-state index contributed by atoms with van der Waals surface area (Å²) in [6, 6.07) is 0. The summed E-state index contributed by atoms with van der Waals surface area (Å²) < 4.78 is 0. The highest BCUT2D eigenvalue weighted by atomic mass is 16.3. The number of hydrogen-bond acceptors (Lipinski definition) is 3. The molecule has 2 N–H and O–H groups in total. The van der Waals surface area contributed by atoms with Crippen LogP contribution in [-0.2, 0) is 4.79 Å². The van der Waals surface area contributed by atoms with E-state index in [0.29, 0.717) is 36.0 Å².